The highest BCUT2D eigenvalue weighted by Gasteiger charge is 2.25. The summed E-state index contributed by atoms with van der Waals surface area (Å²) in [4.78, 5) is 4.37. The zero-order valence-corrected chi connectivity index (χ0v) is 10.2. The lowest BCUT2D eigenvalue weighted by Crippen LogP contribution is -2.31. The summed E-state index contributed by atoms with van der Waals surface area (Å²) in [5, 5.41) is 3.39. The molecule has 2 aromatic carbocycles. The van der Waals surface area contributed by atoms with Crippen molar-refractivity contribution < 1.29 is 0 Å². The molecule has 2 unspecified atom stereocenters. The van der Waals surface area contributed by atoms with Crippen LogP contribution in [0.25, 0.3) is 0 Å². The molecule has 2 aromatic rings. The summed E-state index contributed by atoms with van der Waals surface area (Å²) >= 11 is 0. The molecule has 18 heavy (non-hydrogen) atoms. The van der Waals surface area contributed by atoms with Crippen LogP contribution in [-0.2, 0) is 0 Å². The molecule has 3 rings (SSSR count). The van der Waals surface area contributed by atoms with Gasteiger partial charge in [0.15, 0.2) is 0 Å². The van der Waals surface area contributed by atoms with Crippen LogP contribution in [0, 0.1) is 0 Å². The molecule has 0 amide bonds. The average molecular weight is 236 g/mol. The van der Waals surface area contributed by atoms with E-state index in [1.54, 1.807) is 0 Å². The largest absolute Gasteiger partial charge is 0.369 e. The van der Waals surface area contributed by atoms with Gasteiger partial charge in [-0.3, -0.25) is 4.99 Å². The van der Waals surface area contributed by atoms with Crippen LogP contribution < -0.4 is 5.32 Å². The number of hydrogen-bond donors (Lipinski definition) is 1. The number of benzene rings is 2. The van der Waals surface area contributed by atoms with Crippen molar-refractivity contribution in [2.45, 2.75) is 12.0 Å². The molecule has 2 atom stereocenters. The highest BCUT2D eigenvalue weighted by atomic mass is 15.0. The Bertz CT molecular complexity index is 470. The second-order valence-corrected chi connectivity index (χ2v) is 4.57. The molecule has 0 saturated carbocycles. The van der Waals surface area contributed by atoms with Gasteiger partial charge in [-0.25, -0.2) is 0 Å². The predicted octanol–water partition coefficient (Wildman–Crippen LogP) is 3.14. The van der Waals surface area contributed by atoms with Gasteiger partial charge in [0.1, 0.15) is 0 Å². The smallest absolute Gasteiger partial charge is 0.0829 e. The Hall–Kier alpha value is -2.09. The zero-order chi connectivity index (χ0) is 12.2. The third kappa shape index (κ3) is 2.14. The van der Waals surface area contributed by atoms with Crippen molar-refractivity contribution in [1.29, 1.82) is 0 Å². The third-order valence-corrected chi connectivity index (χ3v) is 3.44. The van der Waals surface area contributed by atoms with Gasteiger partial charge in [0, 0.05) is 12.5 Å². The van der Waals surface area contributed by atoms with Crippen LogP contribution in [-0.4, -0.2) is 12.9 Å². The number of rotatable bonds is 2. The Balaban J connectivity index is 1.95. The number of nitrogens with zero attached hydrogens (tertiary/aromatic N) is 1. The molecule has 2 nitrogen and oxygen atoms in total. The lowest BCUT2D eigenvalue weighted by atomic mass is 9.86. The van der Waals surface area contributed by atoms with Gasteiger partial charge in [-0.15, -0.1) is 0 Å². The van der Waals surface area contributed by atoms with Crippen molar-refractivity contribution in [1.82, 2.24) is 5.32 Å². The first-order valence-electron chi connectivity index (χ1n) is 6.29. The Labute approximate surface area is 107 Å². The Morgan fingerprint density at radius 3 is 2.11 bits per heavy atom. The van der Waals surface area contributed by atoms with Crippen LogP contribution in [0.1, 0.15) is 23.1 Å². The molecule has 0 radical (unpaired) electrons. The molecule has 0 bridgehead atoms. The van der Waals surface area contributed by atoms with E-state index in [1.165, 1.54) is 11.1 Å². The lowest BCUT2D eigenvalue weighted by Gasteiger charge is -2.30. The van der Waals surface area contributed by atoms with Crippen LogP contribution in [0.4, 0.5) is 0 Å². The minimum absolute atomic E-state index is 0.311. The molecule has 2 heteroatoms. The van der Waals surface area contributed by atoms with Crippen LogP contribution in [0.3, 0.4) is 0 Å². The maximum atomic E-state index is 4.37. The van der Waals surface area contributed by atoms with E-state index in [2.05, 4.69) is 71.0 Å². The van der Waals surface area contributed by atoms with Crippen molar-refractivity contribution in [2.75, 3.05) is 6.54 Å². The summed E-state index contributed by atoms with van der Waals surface area (Å²) in [7, 11) is 0. The Kier molecular flexibility index (Phi) is 3.09. The molecule has 0 aliphatic carbocycles. The first-order valence-corrected chi connectivity index (χ1v) is 6.29. The van der Waals surface area contributed by atoms with E-state index in [0.29, 0.717) is 12.0 Å². The summed E-state index contributed by atoms with van der Waals surface area (Å²) in [5.74, 6) is 0.401. The standard InChI is InChI=1S/C16H16N2/c1-3-7-13(8-4-1)15-11-17-12-18-16(15)14-9-5-2-6-10-14/h1-10,12,15-16H,11H2,(H,17,18). The minimum atomic E-state index is 0.311. The molecule has 0 fully saturated rings. The first-order chi connectivity index (χ1) is 8.95. The predicted molar refractivity (Wildman–Crippen MR) is 74.9 cm³/mol. The maximum absolute atomic E-state index is 4.37. The minimum Gasteiger partial charge on any atom is -0.369 e. The summed E-state index contributed by atoms with van der Waals surface area (Å²) < 4.78 is 0. The molecule has 1 N–H and O–H groups in total. The molecule has 0 aromatic heterocycles. The van der Waals surface area contributed by atoms with Crippen LogP contribution in [0.2, 0.25) is 0 Å². The monoisotopic (exact) mass is 236 g/mol. The average Bonchev–Trinajstić information content (AvgIpc) is 2.49. The number of nitrogens with one attached hydrogen (secondary N) is 1. The molecule has 0 saturated heterocycles. The van der Waals surface area contributed by atoms with Gasteiger partial charge in [-0.05, 0) is 11.1 Å². The van der Waals surface area contributed by atoms with Gasteiger partial charge < -0.3 is 5.32 Å². The quantitative estimate of drug-likeness (QED) is 0.851. The lowest BCUT2D eigenvalue weighted by molar-refractivity contribution is 0.501. The van der Waals surface area contributed by atoms with Gasteiger partial charge in [-0.1, -0.05) is 60.7 Å². The van der Waals surface area contributed by atoms with Crippen molar-refractivity contribution >= 4 is 6.34 Å². The fourth-order valence-corrected chi connectivity index (χ4v) is 2.51. The van der Waals surface area contributed by atoms with Gasteiger partial charge in [-0.2, -0.15) is 0 Å². The summed E-state index contributed by atoms with van der Waals surface area (Å²) in [6.07, 6.45) is 1.83. The maximum Gasteiger partial charge on any atom is 0.0829 e. The highest BCUT2D eigenvalue weighted by Crippen LogP contribution is 2.32. The second kappa shape index (κ2) is 5.05. The van der Waals surface area contributed by atoms with Gasteiger partial charge in [0.05, 0.1) is 12.4 Å². The highest BCUT2D eigenvalue weighted by molar-refractivity contribution is 5.57. The Morgan fingerprint density at radius 1 is 0.833 bits per heavy atom. The molecular formula is C16H16N2. The third-order valence-electron chi connectivity index (χ3n) is 3.44. The topological polar surface area (TPSA) is 24.4 Å². The van der Waals surface area contributed by atoms with Crippen LogP contribution >= 0.6 is 0 Å². The van der Waals surface area contributed by atoms with Gasteiger partial charge in [0.2, 0.25) is 0 Å². The van der Waals surface area contributed by atoms with Crippen molar-refractivity contribution in [2.24, 2.45) is 4.99 Å². The van der Waals surface area contributed by atoms with Gasteiger partial charge >= 0.3 is 0 Å². The molecule has 1 aliphatic rings. The van der Waals surface area contributed by atoms with Crippen molar-refractivity contribution in [3.05, 3.63) is 71.8 Å². The van der Waals surface area contributed by atoms with Crippen LogP contribution in [0.15, 0.2) is 65.7 Å². The van der Waals surface area contributed by atoms with E-state index >= 15 is 0 Å². The number of hydrogen-bond acceptors (Lipinski definition) is 2. The van der Waals surface area contributed by atoms with E-state index in [4.69, 9.17) is 0 Å². The molecule has 0 spiro atoms. The summed E-state index contributed by atoms with van der Waals surface area (Å²) in [6, 6.07) is 21.5. The van der Waals surface area contributed by atoms with Crippen molar-refractivity contribution in [3.8, 4) is 0 Å². The molecule has 1 aliphatic heterocycles. The normalized spacial score (nSPS) is 22.4. The van der Waals surface area contributed by atoms with E-state index in [9.17, 15) is 0 Å². The summed E-state index contributed by atoms with van der Waals surface area (Å²) in [5.41, 5.74) is 2.66. The fraction of sp³-hybridized carbons (Fsp3) is 0.188. The molecular weight excluding hydrogens is 220 g/mol. The van der Waals surface area contributed by atoms with E-state index in [1.807, 2.05) is 6.34 Å². The number of aliphatic imine (C=N–C) groups is 1. The van der Waals surface area contributed by atoms with E-state index in [0.717, 1.165) is 6.54 Å². The summed E-state index contributed by atoms with van der Waals surface area (Å²) in [6.45, 7) is 0.844. The zero-order valence-electron chi connectivity index (χ0n) is 10.2. The van der Waals surface area contributed by atoms with E-state index < -0.39 is 0 Å². The van der Waals surface area contributed by atoms with E-state index in [-0.39, 0.29) is 0 Å². The fourth-order valence-electron chi connectivity index (χ4n) is 2.51. The molecule has 90 valence electrons. The SMILES string of the molecule is C1=NCC(c2ccccc2)C(c2ccccc2)N1. The van der Waals surface area contributed by atoms with Crippen molar-refractivity contribution in [3.63, 3.8) is 0 Å². The first kappa shape index (κ1) is 11.0. The molecule has 1 heterocycles. The van der Waals surface area contributed by atoms with Crippen LogP contribution in [0.5, 0.6) is 0 Å². The van der Waals surface area contributed by atoms with Gasteiger partial charge in [0.25, 0.3) is 0 Å². The Morgan fingerprint density at radius 2 is 1.44 bits per heavy atom. The second-order valence-electron chi connectivity index (χ2n) is 4.57.